The molecular weight excluding hydrogens is 173 g/mol. The molecule has 1 radical (unpaired) electrons. The first kappa shape index (κ1) is 16.1. The van der Waals surface area contributed by atoms with E-state index < -0.39 is 0 Å². The van der Waals surface area contributed by atoms with E-state index in [9.17, 15) is 0 Å². The molecule has 0 aromatic carbocycles. The third kappa shape index (κ3) is 8.83. The van der Waals surface area contributed by atoms with Crippen molar-refractivity contribution >= 4 is 51.4 Å². The molecule has 0 aromatic rings. The molecule has 0 saturated heterocycles. The SMILES string of the molecule is [K].[Ni].[O]=[Co]. The van der Waals surface area contributed by atoms with E-state index in [0.717, 1.165) is 0 Å². The summed E-state index contributed by atoms with van der Waals surface area (Å²) in [7, 11) is 0. The van der Waals surface area contributed by atoms with Gasteiger partial charge in [-0.25, -0.2) is 0 Å². The summed E-state index contributed by atoms with van der Waals surface area (Å²) in [5.41, 5.74) is 0. The molecule has 0 bridgehead atoms. The average Bonchev–Trinajstić information content (AvgIpc) is 1.00. The molecule has 0 N–H and O–H groups in total. The molecular formula is CoKNiO. The summed E-state index contributed by atoms with van der Waals surface area (Å²) < 4.78 is 7.94. The number of hydrogen-bond donors (Lipinski definition) is 0. The maximum absolute atomic E-state index is 7.94. The number of rotatable bonds is 0. The normalized spacial score (nSPS) is 1.25. The van der Waals surface area contributed by atoms with E-state index in [1.165, 1.54) is 0 Å². The standard InChI is InChI=1S/Co.K.Ni.O. The Labute approximate surface area is 85.4 Å². The zero-order valence-corrected chi connectivity index (χ0v) is 7.21. The van der Waals surface area contributed by atoms with E-state index in [4.69, 9.17) is 3.87 Å². The zero-order chi connectivity index (χ0) is 2.00. The first-order valence-electron chi connectivity index (χ1n) is 0.136. The van der Waals surface area contributed by atoms with Gasteiger partial charge in [-0.05, 0) is 0 Å². The minimum absolute atomic E-state index is 0. The second-order valence-electron chi connectivity index (χ2n) is 0. The predicted octanol–water partition coefficient (Wildman–Crippen LogP) is -0.505. The zero-order valence-electron chi connectivity index (χ0n) is 2.06. The van der Waals surface area contributed by atoms with E-state index in [1.54, 1.807) is 0 Å². The maximum atomic E-state index is 7.94. The van der Waals surface area contributed by atoms with Crippen LogP contribution in [0, 0.1) is 0 Å². The molecule has 1 nitrogen and oxygen atoms in total. The Morgan fingerprint density at radius 2 is 1.25 bits per heavy atom. The fourth-order valence-electron chi connectivity index (χ4n) is 0. The van der Waals surface area contributed by atoms with Crippen molar-refractivity contribution in [2.24, 2.45) is 0 Å². The third-order valence-electron chi connectivity index (χ3n) is 0. The summed E-state index contributed by atoms with van der Waals surface area (Å²) >= 11 is 2.31. The molecule has 4 heavy (non-hydrogen) atoms. The molecule has 4 heteroatoms. The van der Waals surface area contributed by atoms with Crippen LogP contribution >= 0.6 is 0 Å². The molecule has 0 saturated carbocycles. The van der Waals surface area contributed by atoms with Crippen LogP contribution in [0.4, 0.5) is 0 Å². The van der Waals surface area contributed by atoms with Crippen LogP contribution in [-0.2, 0) is 36.0 Å². The van der Waals surface area contributed by atoms with Crippen molar-refractivity contribution in [1.29, 1.82) is 0 Å². The Bertz CT molecular complexity index is 8.00. The Kier molecular flexibility index (Phi) is 72.6. The summed E-state index contributed by atoms with van der Waals surface area (Å²) in [5.74, 6) is 0. The minimum atomic E-state index is 0. The predicted molar refractivity (Wildman–Crippen MR) is 6.44 cm³/mol. The van der Waals surface area contributed by atoms with E-state index in [0.29, 0.717) is 0 Å². The van der Waals surface area contributed by atoms with Gasteiger partial charge in [-0.2, -0.15) is 0 Å². The van der Waals surface area contributed by atoms with Crippen LogP contribution in [0.3, 0.4) is 0 Å². The second-order valence-corrected chi connectivity index (χ2v) is 0. The molecule has 0 spiro atoms. The van der Waals surface area contributed by atoms with Crippen LogP contribution in [-0.4, -0.2) is 51.4 Å². The Morgan fingerprint density at radius 3 is 1.25 bits per heavy atom. The van der Waals surface area contributed by atoms with Crippen LogP contribution in [0.1, 0.15) is 0 Å². The van der Waals surface area contributed by atoms with Crippen LogP contribution in [0.25, 0.3) is 0 Å². The fraction of sp³-hybridized carbons (Fsp3) is 0. The molecule has 0 aromatic heterocycles. The van der Waals surface area contributed by atoms with Gasteiger partial charge < -0.3 is 0 Å². The van der Waals surface area contributed by atoms with E-state index in [-0.39, 0.29) is 67.9 Å². The summed E-state index contributed by atoms with van der Waals surface area (Å²) in [6.07, 6.45) is 0. The molecule has 0 aliphatic heterocycles. The third-order valence-corrected chi connectivity index (χ3v) is 0. The Balaban J connectivity index is -0.00000000500. The summed E-state index contributed by atoms with van der Waals surface area (Å²) in [6.45, 7) is 0. The van der Waals surface area contributed by atoms with Crippen molar-refractivity contribution in [2.75, 3.05) is 0 Å². The summed E-state index contributed by atoms with van der Waals surface area (Å²) in [5, 5.41) is 0. The van der Waals surface area contributed by atoms with Gasteiger partial charge in [0.1, 0.15) is 0 Å². The summed E-state index contributed by atoms with van der Waals surface area (Å²) in [6, 6.07) is 0. The van der Waals surface area contributed by atoms with Gasteiger partial charge in [0.05, 0.1) is 0 Å². The van der Waals surface area contributed by atoms with Gasteiger partial charge in [0.25, 0.3) is 0 Å². The van der Waals surface area contributed by atoms with Crippen LogP contribution in [0.5, 0.6) is 0 Å². The van der Waals surface area contributed by atoms with Crippen molar-refractivity contribution in [2.45, 2.75) is 0 Å². The van der Waals surface area contributed by atoms with Gasteiger partial charge >= 0.3 is 19.5 Å². The van der Waals surface area contributed by atoms with Crippen LogP contribution in [0.15, 0.2) is 0 Å². The first-order chi connectivity index (χ1) is 1.00. The topological polar surface area (TPSA) is 17.1 Å². The van der Waals surface area contributed by atoms with Crippen LogP contribution < -0.4 is 0 Å². The fourth-order valence-corrected chi connectivity index (χ4v) is 0. The molecule has 0 aliphatic carbocycles. The molecule has 0 rings (SSSR count). The van der Waals surface area contributed by atoms with E-state index >= 15 is 0 Å². The second kappa shape index (κ2) is 18.0. The Hall–Kier alpha value is 2.44. The van der Waals surface area contributed by atoms with Gasteiger partial charge in [0.15, 0.2) is 0 Å². The molecule has 0 fully saturated rings. The van der Waals surface area contributed by atoms with Crippen LogP contribution in [0.2, 0.25) is 0 Å². The van der Waals surface area contributed by atoms with Gasteiger partial charge in [-0.3, -0.25) is 0 Å². The van der Waals surface area contributed by atoms with Gasteiger partial charge in [-0.15, -0.1) is 0 Å². The Morgan fingerprint density at radius 1 is 1.25 bits per heavy atom. The average molecular weight is 173 g/mol. The van der Waals surface area contributed by atoms with Gasteiger partial charge in [-0.1, -0.05) is 0 Å². The molecule has 0 unspecified atom stereocenters. The van der Waals surface area contributed by atoms with E-state index in [1.807, 2.05) is 0 Å². The molecule has 0 aliphatic rings. The van der Waals surface area contributed by atoms with Gasteiger partial charge in [0.2, 0.25) is 0 Å². The molecule has 26 valence electrons. The van der Waals surface area contributed by atoms with Gasteiger partial charge in [0, 0.05) is 67.9 Å². The van der Waals surface area contributed by atoms with Crippen molar-refractivity contribution in [3.05, 3.63) is 0 Å². The quantitative estimate of drug-likeness (QED) is 0.451. The molecule has 0 amide bonds. The summed E-state index contributed by atoms with van der Waals surface area (Å²) in [4.78, 5) is 0. The molecule has 0 atom stereocenters. The first-order valence-corrected chi connectivity index (χ1v) is 0.561. The monoisotopic (exact) mass is 172 g/mol. The molecule has 0 heterocycles. The van der Waals surface area contributed by atoms with Crippen molar-refractivity contribution in [1.82, 2.24) is 0 Å². The number of hydrogen-bond acceptors (Lipinski definition) is 1. The van der Waals surface area contributed by atoms with Crippen molar-refractivity contribution < 1.29 is 36.0 Å². The van der Waals surface area contributed by atoms with Crippen molar-refractivity contribution in [3.8, 4) is 0 Å². The van der Waals surface area contributed by atoms with E-state index in [2.05, 4.69) is 15.7 Å². The van der Waals surface area contributed by atoms with Crippen molar-refractivity contribution in [3.63, 3.8) is 0 Å².